The molecule has 1 aliphatic rings. The number of piperidine rings is 1. The summed E-state index contributed by atoms with van der Waals surface area (Å²) in [7, 11) is 1.55. The number of hydrogen-bond donors (Lipinski definition) is 1. The Kier molecular flexibility index (Phi) is 4.86. The molecule has 0 aromatic carbocycles. The van der Waals surface area contributed by atoms with Crippen LogP contribution in [-0.2, 0) is 16.1 Å². The Labute approximate surface area is 112 Å². The van der Waals surface area contributed by atoms with Crippen molar-refractivity contribution in [1.29, 1.82) is 0 Å². The van der Waals surface area contributed by atoms with Crippen LogP contribution in [0.1, 0.15) is 12.8 Å². The number of nitrogens with zero attached hydrogens (tertiary/aromatic N) is 4. The molecule has 2 N–H and O–H groups in total. The predicted octanol–water partition coefficient (Wildman–Crippen LogP) is -0.510. The molecular weight excluding hydrogens is 246 g/mol. The Bertz CT molecular complexity index is 395. The van der Waals surface area contributed by atoms with E-state index >= 15 is 0 Å². The fourth-order valence-corrected chi connectivity index (χ4v) is 2.49. The number of amides is 1. The second-order valence-electron chi connectivity index (χ2n) is 4.97. The fraction of sp³-hybridized carbons (Fsp3) is 0.750. The molecule has 2 rings (SSSR count). The number of likely N-dealkylation sites (tertiary alicyclic amines) is 1. The Morgan fingerprint density at radius 2 is 2.47 bits per heavy atom. The van der Waals surface area contributed by atoms with Gasteiger partial charge in [0.15, 0.2) is 0 Å². The van der Waals surface area contributed by atoms with Crippen LogP contribution in [0.15, 0.2) is 12.7 Å². The Morgan fingerprint density at radius 1 is 1.63 bits per heavy atom. The highest BCUT2D eigenvalue weighted by atomic mass is 16.5. The first-order valence-corrected chi connectivity index (χ1v) is 6.56. The molecule has 0 spiro atoms. The predicted molar refractivity (Wildman–Crippen MR) is 69.2 cm³/mol. The SMILES string of the molecule is COCC(N)C(=O)N1CCCC(Cn2cncn2)C1. The van der Waals surface area contributed by atoms with E-state index in [2.05, 4.69) is 10.1 Å². The van der Waals surface area contributed by atoms with Crippen molar-refractivity contribution in [3.8, 4) is 0 Å². The largest absolute Gasteiger partial charge is 0.383 e. The van der Waals surface area contributed by atoms with Gasteiger partial charge in [-0.1, -0.05) is 0 Å². The van der Waals surface area contributed by atoms with Gasteiger partial charge in [-0.15, -0.1) is 0 Å². The highest BCUT2D eigenvalue weighted by Crippen LogP contribution is 2.18. The molecule has 19 heavy (non-hydrogen) atoms. The van der Waals surface area contributed by atoms with Gasteiger partial charge in [0.1, 0.15) is 18.7 Å². The zero-order valence-electron chi connectivity index (χ0n) is 11.2. The molecule has 0 radical (unpaired) electrons. The van der Waals surface area contributed by atoms with Crippen molar-refractivity contribution in [3.05, 3.63) is 12.7 Å². The third-order valence-electron chi connectivity index (χ3n) is 3.41. The quantitative estimate of drug-likeness (QED) is 0.776. The standard InChI is InChI=1S/C12H21N5O2/c1-19-7-11(13)12(18)16-4-2-3-10(5-16)6-17-9-14-8-15-17/h8-11H,2-7,13H2,1H3. The van der Waals surface area contributed by atoms with E-state index in [1.165, 1.54) is 6.33 Å². The van der Waals surface area contributed by atoms with Crippen molar-refractivity contribution in [2.24, 2.45) is 11.7 Å². The van der Waals surface area contributed by atoms with Crippen LogP contribution in [0.3, 0.4) is 0 Å². The van der Waals surface area contributed by atoms with Crippen LogP contribution in [0.5, 0.6) is 0 Å². The minimum absolute atomic E-state index is 0.0230. The van der Waals surface area contributed by atoms with Crippen molar-refractivity contribution < 1.29 is 9.53 Å². The molecule has 7 nitrogen and oxygen atoms in total. The molecule has 1 saturated heterocycles. The van der Waals surface area contributed by atoms with Gasteiger partial charge in [0.05, 0.1) is 6.61 Å². The summed E-state index contributed by atoms with van der Waals surface area (Å²) in [4.78, 5) is 17.9. The topological polar surface area (TPSA) is 86.3 Å². The number of rotatable bonds is 5. The van der Waals surface area contributed by atoms with E-state index in [9.17, 15) is 4.79 Å². The Balaban J connectivity index is 1.88. The number of methoxy groups -OCH3 is 1. The molecule has 1 aromatic rings. The first-order valence-electron chi connectivity index (χ1n) is 6.56. The monoisotopic (exact) mass is 267 g/mol. The van der Waals surface area contributed by atoms with E-state index < -0.39 is 6.04 Å². The maximum atomic E-state index is 12.1. The van der Waals surface area contributed by atoms with E-state index in [-0.39, 0.29) is 12.5 Å². The highest BCUT2D eigenvalue weighted by Gasteiger charge is 2.27. The number of aromatic nitrogens is 3. The maximum absolute atomic E-state index is 12.1. The molecule has 0 saturated carbocycles. The second kappa shape index (κ2) is 6.63. The summed E-state index contributed by atoms with van der Waals surface area (Å²) in [5, 5.41) is 4.10. The van der Waals surface area contributed by atoms with Crippen molar-refractivity contribution in [3.63, 3.8) is 0 Å². The van der Waals surface area contributed by atoms with Crippen LogP contribution >= 0.6 is 0 Å². The van der Waals surface area contributed by atoms with Crippen molar-refractivity contribution >= 4 is 5.91 Å². The van der Waals surface area contributed by atoms with Crippen molar-refractivity contribution in [1.82, 2.24) is 19.7 Å². The van der Waals surface area contributed by atoms with Crippen LogP contribution < -0.4 is 5.73 Å². The fourth-order valence-electron chi connectivity index (χ4n) is 2.49. The van der Waals surface area contributed by atoms with Gasteiger partial charge in [-0.25, -0.2) is 4.98 Å². The Morgan fingerprint density at radius 3 is 3.16 bits per heavy atom. The molecule has 1 aromatic heterocycles. The third kappa shape index (κ3) is 3.74. The number of ether oxygens (including phenoxy) is 1. The lowest BCUT2D eigenvalue weighted by molar-refractivity contribution is -0.135. The minimum Gasteiger partial charge on any atom is -0.383 e. The van der Waals surface area contributed by atoms with E-state index in [4.69, 9.17) is 10.5 Å². The normalized spacial score (nSPS) is 21.4. The van der Waals surface area contributed by atoms with Crippen molar-refractivity contribution in [2.75, 3.05) is 26.8 Å². The van der Waals surface area contributed by atoms with Crippen molar-refractivity contribution in [2.45, 2.75) is 25.4 Å². The summed E-state index contributed by atoms with van der Waals surface area (Å²) in [6, 6.07) is -0.560. The summed E-state index contributed by atoms with van der Waals surface area (Å²) in [5.41, 5.74) is 5.80. The first-order chi connectivity index (χ1) is 9.20. The third-order valence-corrected chi connectivity index (χ3v) is 3.41. The van der Waals surface area contributed by atoms with Gasteiger partial charge in [-0.3, -0.25) is 9.48 Å². The van der Waals surface area contributed by atoms with Crippen LogP contribution in [0.4, 0.5) is 0 Å². The zero-order chi connectivity index (χ0) is 13.7. The van der Waals surface area contributed by atoms with E-state index in [0.717, 1.165) is 32.5 Å². The summed E-state index contributed by atoms with van der Waals surface area (Å²) in [6.07, 6.45) is 5.34. The van der Waals surface area contributed by atoms with Gasteiger partial charge in [-0.2, -0.15) is 5.10 Å². The number of carbonyl (C=O) groups excluding carboxylic acids is 1. The van der Waals surface area contributed by atoms with Crippen LogP contribution in [-0.4, -0.2) is 58.4 Å². The van der Waals surface area contributed by atoms with Gasteiger partial charge in [-0.05, 0) is 18.8 Å². The maximum Gasteiger partial charge on any atom is 0.241 e. The van der Waals surface area contributed by atoms with Gasteiger partial charge in [0.2, 0.25) is 5.91 Å². The zero-order valence-corrected chi connectivity index (χ0v) is 11.2. The first kappa shape index (κ1) is 14.0. The summed E-state index contributed by atoms with van der Waals surface area (Å²) < 4.78 is 6.75. The molecular formula is C12H21N5O2. The lowest BCUT2D eigenvalue weighted by atomic mass is 9.97. The van der Waals surface area contributed by atoms with E-state index in [1.807, 2.05) is 9.58 Å². The molecule has 2 atom stereocenters. The minimum atomic E-state index is -0.560. The van der Waals surface area contributed by atoms with Gasteiger partial charge < -0.3 is 15.4 Å². The van der Waals surface area contributed by atoms with Crippen LogP contribution in [0, 0.1) is 5.92 Å². The molecule has 2 heterocycles. The second-order valence-corrected chi connectivity index (χ2v) is 4.97. The van der Waals surface area contributed by atoms with Gasteiger partial charge >= 0.3 is 0 Å². The number of carbonyl (C=O) groups is 1. The number of nitrogens with two attached hydrogens (primary N) is 1. The number of hydrogen-bond acceptors (Lipinski definition) is 5. The molecule has 0 aliphatic carbocycles. The van der Waals surface area contributed by atoms with Crippen LogP contribution in [0.25, 0.3) is 0 Å². The molecule has 1 fully saturated rings. The molecule has 1 amide bonds. The molecule has 1 aliphatic heterocycles. The van der Waals surface area contributed by atoms with Gasteiger partial charge in [0, 0.05) is 26.7 Å². The Hall–Kier alpha value is -1.47. The average Bonchev–Trinajstić information content (AvgIpc) is 2.91. The summed E-state index contributed by atoms with van der Waals surface area (Å²) in [6.45, 7) is 2.58. The molecule has 0 bridgehead atoms. The lowest BCUT2D eigenvalue weighted by Gasteiger charge is -2.34. The molecule has 106 valence electrons. The summed E-state index contributed by atoms with van der Waals surface area (Å²) in [5.74, 6) is 0.388. The highest BCUT2D eigenvalue weighted by molar-refractivity contribution is 5.81. The van der Waals surface area contributed by atoms with Crippen LogP contribution in [0.2, 0.25) is 0 Å². The smallest absolute Gasteiger partial charge is 0.241 e. The average molecular weight is 267 g/mol. The molecule has 2 unspecified atom stereocenters. The lowest BCUT2D eigenvalue weighted by Crippen LogP contribution is -2.50. The molecule has 7 heteroatoms. The van der Waals surface area contributed by atoms with E-state index in [0.29, 0.717) is 5.92 Å². The van der Waals surface area contributed by atoms with Gasteiger partial charge in [0.25, 0.3) is 0 Å². The van der Waals surface area contributed by atoms with E-state index in [1.54, 1.807) is 13.4 Å². The summed E-state index contributed by atoms with van der Waals surface area (Å²) >= 11 is 0.